The van der Waals surface area contributed by atoms with E-state index in [1.54, 1.807) is 60.7 Å². The highest BCUT2D eigenvalue weighted by atomic mass is 17.2. The Morgan fingerprint density at radius 1 is 0.600 bits per heavy atom. The molecule has 0 saturated carbocycles. The summed E-state index contributed by atoms with van der Waals surface area (Å²) in [7, 11) is 0. The summed E-state index contributed by atoms with van der Waals surface area (Å²) in [5.41, 5.74) is 0. The Labute approximate surface area is 114 Å². The molecule has 6 nitrogen and oxygen atoms in total. The molecule has 0 aliphatic rings. The Morgan fingerprint density at radius 2 is 0.950 bits per heavy atom. The van der Waals surface area contributed by atoms with Gasteiger partial charge in [-0.25, -0.2) is 19.4 Å². The molecule has 2 aromatic carbocycles. The molecule has 0 aliphatic heterocycles. The van der Waals surface area contributed by atoms with E-state index in [2.05, 4.69) is 19.6 Å². The summed E-state index contributed by atoms with van der Waals surface area (Å²) in [6.45, 7) is 0. The first-order valence-electron chi connectivity index (χ1n) is 5.63. The van der Waals surface area contributed by atoms with Gasteiger partial charge in [0.2, 0.25) is 0 Å². The first kappa shape index (κ1) is 13.4. The maximum Gasteiger partial charge on any atom is 0.467 e. The van der Waals surface area contributed by atoms with Gasteiger partial charge in [0.1, 0.15) is 0 Å². The third-order valence-corrected chi connectivity index (χ3v) is 2.08. The van der Waals surface area contributed by atoms with E-state index in [9.17, 15) is 9.59 Å². The molecule has 0 fully saturated rings. The standard InChI is InChI=1S/C14H10O6/c15-13(19-17-11-7-3-1-4-8-11)14(16)20-18-12-9-5-2-6-10-12/h1-10H. The normalized spacial score (nSPS) is 9.40. The number of benzene rings is 2. The molecule has 0 aromatic heterocycles. The fourth-order valence-corrected chi connectivity index (χ4v) is 1.19. The number of rotatable bonds is 4. The molecule has 2 aromatic rings. The van der Waals surface area contributed by atoms with Crippen LogP contribution in [0.5, 0.6) is 11.5 Å². The molecule has 0 spiro atoms. The molecule has 0 amide bonds. The maximum absolute atomic E-state index is 11.2. The summed E-state index contributed by atoms with van der Waals surface area (Å²) < 4.78 is 0. The molecule has 20 heavy (non-hydrogen) atoms. The summed E-state index contributed by atoms with van der Waals surface area (Å²) in [4.78, 5) is 40.3. The first-order chi connectivity index (χ1) is 9.75. The Hall–Kier alpha value is -3.02. The number of carbonyl (C=O) groups is 2. The second kappa shape index (κ2) is 6.79. The van der Waals surface area contributed by atoms with Gasteiger partial charge in [0.25, 0.3) is 0 Å². The topological polar surface area (TPSA) is 71.1 Å². The summed E-state index contributed by atoms with van der Waals surface area (Å²) in [6, 6.07) is 16.5. The van der Waals surface area contributed by atoms with Crippen LogP contribution < -0.4 is 9.78 Å². The van der Waals surface area contributed by atoms with Crippen LogP contribution in [-0.2, 0) is 19.4 Å². The van der Waals surface area contributed by atoms with Crippen LogP contribution in [-0.4, -0.2) is 11.9 Å². The molecule has 0 aliphatic carbocycles. The van der Waals surface area contributed by atoms with Gasteiger partial charge >= 0.3 is 11.9 Å². The van der Waals surface area contributed by atoms with Crippen molar-refractivity contribution in [3.8, 4) is 11.5 Å². The minimum atomic E-state index is -1.33. The maximum atomic E-state index is 11.2. The third kappa shape index (κ3) is 4.02. The Kier molecular flexibility index (Phi) is 4.55. The van der Waals surface area contributed by atoms with Crippen molar-refractivity contribution in [3.63, 3.8) is 0 Å². The van der Waals surface area contributed by atoms with Gasteiger partial charge in [-0.3, -0.25) is 9.78 Å². The molecular formula is C14H10O6. The molecule has 2 rings (SSSR count). The highest BCUT2D eigenvalue weighted by Crippen LogP contribution is 2.10. The molecule has 0 N–H and O–H groups in total. The van der Waals surface area contributed by atoms with Crippen LogP contribution in [0.1, 0.15) is 0 Å². The second-order valence-corrected chi connectivity index (χ2v) is 3.53. The predicted octanol–water partition coefficient (Wildman–Crippen LogP) is 2.06. The molecule has 0 atom stereocenters. The van der Waals surface area contributed by atoms with Crippen LogP contribution in [0.4, 0.5) is 0 Å². The molecule has 0 unspecified atom stereocenters. The summed E-state index contributed by atoms with van der Waals surface area (Å²) >= 11 is 0. The lowest BCUT2D eigenvalue weighted by Crippen LogP contribution is -2.23. The lowest BCUT2D eigenvalue weighted by molar-refractivity contribution is -0.241. The van der Waals surface area contributed by atoms with E-state index in [1.165, 1.54) is 0 Å². The quantitative estimate of drug-likeness (QED) is 0.483. The van der Waals surface area contributed by atoms with Crippen molar-refractivity contribution in [2.24, 2.45) is 0 Å². The van der Waals surface area contributed by atoms with Crippen LogP contribution in [0.25, 0.3) is 0 Å². The zero-order valence-electron chi connectivity index (χ0n) is 10.2. The van der Waals surface area contributed by atoms with Crippen molar-refractivity contribution in [2.45, 2.75) is 0 Å². The van der Waals surface area contributed by atoms with E-state index in [0.717, 1.165) is 0 Å². The van der Waals surface area contributed by atoms with Crippen LogP contribution in [0, 0.1) is 0 Å². The fraction of sp³-hybridized carbons (Fsp3) is 0. The Balaban J connectivity index is 1.76. The van der Waals surface area contributed by atoms with Crippen molar-refractivity contribution < 1.29 is 29.1 Å². The minimum absolute atomic E-state index is 0.276. The number of carbonyl (C=O) groups excluding carboxylic acids is 2. The van der Waals surface area contributed by atoms with Gasteiger partial charge in [0.15, 0.2) is 11.5 Å². The molecule has 0 bridgehead atoms. The fourth-order valence-electron chi connectivity index (χ4n) is 1.19. The Bertz CT molecular complexity index is 513. The molecule has 6 heteroatoms. The highest BCUT2D eigenvalue weighted by molar-refractivity contribution is 6.29. The van der Waals surface area contributed by atoms with E-state index >= 15 is 0 Å². The zero-order chi connectivity index (χ0) is 14.2. The Morgan fingerprint density at radius 3 is 1.30 bits per heavy atom. The zero-order valence-corrected chi connectivity index (χ0v) is 10.2. The van der Waals surface area contributed by atoms with Crippen molar-refractivity contribution in [1.29, 1.82) is 0 Å². The van der Waals surface area contributed by atoms with Gasteiger partial charge in [-0.05, 0) is 24.3 Å². The average Bonchev–Trinajstić information content (AvgIpc) is 2.52. The van der Waals surface area contributed by atoms with Gasteiger partial charge in [0.05, 0.1) is 0 Å². The summed E-state index contributed by atoms with van der Waals surface area (Å²) in [5, 5.41) is 0. The SMILES string of the molecule is O=C(OOc1ccccc1)C(=O)OOc1ccccc1. The van der Waals surface area contributed by atoms with Gasteiger partial charge in [0, 0.05) is 0 Å². The van der Waals surface area contributed by atoms with Crippen LogP contribution in [0.15, 0.2) is 60.7 Å². The van der Waals surface area contributed by atoms with Crippen LogP contribution >= 0.6 is 0 Å². The van der Waals surface area contributed by atoms with E-state index < -0.39 is 11.9 Å². The average molecular weight is 274 g/mol. The van der Waals surface area contributed by atoms with Gasteiger partial charge < -0.3 is 0 Å². The third-order valence-electron chi connectivity index (χ3n) is 2.08. The molecule has 0 heterocycles. The summed E-state index contributed by atoms with van der Waals surface area (Å²) in [6.07, 6.45) is 0. The van der Waals surface area contributed by atoms with E-state index in [0.29, 0.717) is 0 Å². The van der Waals surface area contributed by atoms with Crippen molar-refractivity contribution in [3.05, 3.63) is 60.7 Å². The monoisotopic (exact) mass is 274 g/mol. The number of hydrogen-bond acceptors (Lipinski definition) is 6. The molecule has 0 saturated heterocycles. The van der Waals surface area contributed by atoms with Gasteiger partial charge in [-0.15, -0.1) is 0 Å². The largest absolute Gasteiger partial charge is 0.467 e. The van der Waals surface area contributed by atoms with Crippen molar-refractivity contribution in [2.75, 3.05) is 0 Å². The minimum Gasteiger partial charge on any atom is -0.286 e. The van der Waals surface area contributed by atoms with Crippen LogP contribution in [0.2, 0.25) is 0 Å². The highest BCUT2D eigenvalue weighted by Gasteiger charge is 2.21. The van der Waals surface area contributed by atoms with Gasteiger partial charge in [-0.1, -0.05) is 36.4 Å². The molecule has 102 valence electrons. The first-order valence-corrected chi connectivity index (χ1v) is 5.63. The van der Waals surface area contributed by atoms with Crippen LogP contribution in [0.3, 0.4) is 0 Å². The van der Waals surface area contributed by atoms with Crippen molar-refractivity contribution >= 4 is 11.9 Å². The lowest BCUT2D eigenvalue weighted by atomic mass is 10.3. The number of hydrogen-bond donors (Lipinski definition) is 0. The van der Waals surface area contributed by atoms with E-state index in [-0.39, 0.29) is 11.5 Å². The predicted molar refractivity (Wildman–Crippen MR) is 66.3 cm³/mol. The van der Waals surface area contributed by atoms with E-state index in [1.807, 2.05) is 0 Å². The summed E-state index contributed by atoms with van der Waals surface area (Å²) in [5.74, 6) is -2.11. The van der Waals surface area contributed by atoms with E-state index in [4.69, 9.17) is 0 Å². The van der Waals surface area contributed by atoms with Crippen molar-refractivity contribution in [1.82, 2.24) is 0 Å². The second-order valence-electron chi connectivity index (χ2n) is 3.53. The molecule has 0 radical (unpaired) electrons. The smallest absolute Gasteiger partial charge is 0.286 e. The lowest BCUT2D eigenvalue weighted by Gasteiger charge is -2.04. The number of para-hydroxylation sites is 2. The molecular weight excluding hydrogens is 264 g/mol. The van der Waals surface area contributed by atoms with Gasteiger partial charge in [-0.2, -0.15) is 0 Å².